The number of Topliss-reactive ketones (excluding diaryl/α,β-unsaturated/α-hetero) is 1. The van der Waals surface area contributed by atoms with E-state index in [9.17, 15) is 13.2 Å². The van der Waals surface area contributed by atoms with Crippen molar-refractivity contribution in [1.82, 2.24) is 9.29 Å². The van der Waals surface area contributed by atoms with Gasteiger partial charge in [0.05, 0.1) is 11.3 Å². The predicted molar refractivity (Wildman–Crippen MR) is 96.5 cm³/mol. The van der Waals surface area contributed by atoms with Gasteiger partial charge in [-0.2, -0.15) is 0 Å². The highest BCUT2D eigenvalue weighted by Crippen LogP contribution is 2.26. The number of ketones is 1. The summed E-state index contributed by atoms with van der Waals surface area (Å²) in [6, 6.07) is 4.64. The number of thiazole rings is 1. The number of hydrogen-bond donors (Lipinski definition) is 0. The first kappa shape index (κ1) is 18.6. The third-order valence-electron chi connectivity index (χ3n) is 3.51. The van der Waals surface area contributed by atoms with Crippen molar-refractivity contribution in [2.24, 2.45) is 0 Å². The minimum absolute atomic E-state index is 0.108. The average molecular weight is 367 g/mol. The minimum atomic E-state index is -3.59. The van der Waals surface area contributed by atoms with Crippen molar-refractivity contribution in [3.8, 4) is 0 Å². The average Bonchev–Trinajstić information content (AvgIpc) is 2.91. The molecule has 0 aliphatic carbocycles. The Morgan fingerprint density at radius 3 is 2.38 bits per heavy atom. The fourth-order valence-corrected chi connectivity index (χ4v) is 3.93. The zero-order valence-electron chi connectivity index (χ0n) is 14.4. The molecule has 2 aromatic rings. The summed E-state index contributed by atoms with van der Waals surface area (Å²) < 4.78 is 25.8. The topological polar surface area (TPSA) is 70.6 Å². The van der Waals surface area contributed by atoms with Crippen LogP contribution in [0.4, 0.5) is 5.69 Å². The van der Waals surface area contributed by atoms with Crippen LogP contribution in [-0.2, 0) is 16.4 Å². The molecule has 0 aliphatic heterocycles. The van der Waals surface area contributed by atoms with Gasteiger partial charge in [0, 0.05) is 50.5 Å². The van der Waals surface area contributed by atoms with Crippen molar-refractivity contribution < 1.29 is 13.2 Å². The molecule has 1 heterocycles. The molecule has 2 rings (SSSR count). The number of aryl methyl sites for hydroxylation is 1. The molecule has 1 aromatic carbocycles. The lowest BCUT2D eigenvalue weighted by Crippen LogP contribution is -2.23. The van der Waals surface area contributed by atoms with Crippen LogP contribution >= 0.6 is 11.3 Å². The van der Waals surface area contributed by atoms with Gasteiger partial charge in [-0.1, -0.05) is 0 Å². The Balaban J connectivity index is 2.47. The van der Waals surface area contributed by atoms with Crippen LogP contribution in [0.25, 0.3) is 0 Å². The molecule has 6 nitrogen and oxygen atoms in total. The van der Waals surface area contributed by atoms with Gasteiger partial charge < -0.3 is 4.90 Å². The van der Waals surface area contributed by atoms with E-state index >= 15 is 0 Å². The van der Waals surface area contributed by atoms with Crippen molar-refractivity contribution in [1.29, 1.82) is 0 Å². The molecule has 0 saturated heterocycles. The highest BCUT2D eigenvalue weighted by atomic mass is 32.2. The first-order valence-corrected chi connectivity index (χ1v) is 9.57. The first-order chi connectivity index (χ1) is 11.1. The Kier molecular flexibility index (Phi) is 5.42. The molecule has 0 aliphatic rings. The summed E-state index contributed by atoms with van der Waals surface area (Å²) in [5.74, 6) is -0.149. The highest BCUT2D eigenvalue weighted by Gasteiger charge is 2.22. The number of nitrogens with zero attached hydrogens (tertiary/aromatic N) is 3. The summed E-state index contributed by atoms with van der Waals surface area (Å²) in [6.07, 6.45) is 1.89. The number of sulfonamides is 1. The van der Waals surface area contributed by atoms with Crippen LogP contribution in [0.5, 0.6) is 0 Å². The van der Waals surface area contributed by atoms with Crippen LogP contribution in [-0.4, -0.2) is 51.7 Å². The lowest BCUT2D eigenvalue weighted by Gasteiger charge is -2.19. The van der Waals surface area contributed by atoms with Gasteiger partial charge in [-0.25, -0.2) is 17.7 Å². The minimum Gasteiger partial charge on any atom is -0.377 e. The molecule has 0 unspecified atom stereocenters. The van der Waals surface area contributed by atoms with E-state index in [-0.39, 0.29) is 17.1 Å². The quantitative estimate of drug-likeness (QED) is 0.732. The second kappa shape index (κ2) is 7.00. The van der Waals surface area contributed by atoms with E-state index in [1.807, 2.05) is 21.0 Å². The molecule has 24 heavy (non-hydrogen) atoms. The third kappa shape index (κ3) is 3.82. The Labute approximate surface area is 146 Å². The molecule has 0 saturated carbocycles. The smallest absolute Gasteiger partial charge is 0.242 e. The molecule has 0 bridgehead atoms. The van der Waals surface area contributed by atoms with E-state index in [4.69, 9.17) is 0 Å². The van der Waals surface area contributed by atoms with E-state index < -0.39 is 10.0 Å². The van der Waals surface area contributed by atoms with Gasteiger partial charge in [-0.3, -0.25) is 4.79 Å². The number of aromatic nitrogens is 1. The normalized spacial score (nSPS) is 11.8. The van der Waals surface area contributed by atoms with Crippen molar-refractivity contribution in [2.45, 2.75) is 18.2 Å². The highest BCUT2D eigenvalue weighted by molar-refractivity contribution is 7.89. The molecule has 130 valence electrons. The van der Waals surface area contributed by atoms with Gasteiger partial charge in [0.25, 0.3) is 0 Å². The van der Waals surface area contributed by atoms with Crippen LogP contribution in [0.2, 0.25) is 0 Å². The predicted octanol–water partition coefficient (Wildman–Crippen LogP) is 2.19. The fraction of sp³-hybridized carbons (Fsp3) is 0.375. The Bertz CT molecular complexity index is 855. The van der Waals surface area contributed by atoms with Crippen LogP contribution in [0.15, 0.2) is 29.3 Å². The van der Waals surface area contributed by atoms with Crippen LogP contribution in [0.1, 0.15) is 20.2 Å². The number of rotatable bonds is 6. The van der Waals surface area contributed by atoms with Gasteiger partial charge in [-0.15, -0.1) is 11.3 Å². The van der Waals surface area contributed by atoms with Crippen molar-refractivity contribution in [2.75, 3.05) is 33.1 Å². The fourth-order valence-electron chi connectivity index (χ4n) is 2.22. The maximum Gasteiger partial charge on any atom is 0.242 e. The molecule has 1 aromatic heterocycles. The summed E-state index contributed by atoms with van der Waals surface area (Å²) in [5.41, 5.74) is 1.07. The zero-order valence-corrected chi connectivity index (χ0v) is 16.0. The molecule has 8 heteroatoms. The number of carbonyl (C=O) groups is 1. The lowest BCUT2D eigenvalue weighted by atomic mass is 10.1. The monoisotopic (exact) mass is 367 g/mol. The van der Waals surface area contributed by atoms with Crippen molar-refractivity contribution >= 4 is 32.8 Å². The van der Waals surface area contributed by atoms with E-state index in [1.165, 1.54) is 37.6 Å². The van der Waals surface area contributed by atoms with Crippen molar-refractivity contribution in [3.05, 3.63) is 39.8 Å². The second-order valence-corrected chi connectivity index (χ2v) is 9.30. The summed E-state index contributed by atoms with van der Waals surface area (Å²) >= 11 is 1.47. The van der Waals surface area contributed by atoms with E-state index in [2.05, 4.69) is 4.98 Å². The molecular weight excluding hydrogens is 346 g/mol. The molecule has 0 atom stereocenters. The standard InChI is InChI=1S/C16H21N3O3S2/c1-11-10-17-16(23-11)9-15(20)13-8-12(24(21,22)19(4)5)6-7-14(13)18(2)3/h6-8,10H,9H2,1-5H3. The Hall–Kier alpha value is -1.77. The van der Waals surface area contributed by atoms with Crippen molar-refractivity contribution in [3.63, 3.8) is 0 Å². The number of hydrogen-bond acceptors (Lipinski definition) is 6. The number of benzene rings is 1. The molecule has 0 amide bonds. The largest absolute Gasteiger partial charge is 0.377 e. The van der Waals surface area contributed by atoms with Gasteiger partial charge >= 0.3 is 0 Å². The van der Waals surface area contributed by atoms with Crippen LogP contribution < -0.4 is 4.90 Å². The lowest BCUT2D eigenvalue weighted by molar-refractivity contribution is 0.0993. The van der Waals surface area contributed by atoms with Crippen LogP contribution in [0.3, 0.4) is 0 Å². The molecule has 0 N–H and O–H groups in total. The number of anilines is 1. The number of carbonyl (C=O) groups excluding carboxylic acids is 1. The zero-order chi connectivity index (χ0) is 18.1. The molecule has 0 spiro atoms. The van der Waals surface area contributed by atoms with Gasteiger partial charge in [-0.05, 0) is 25.1 Å². The summed E-state index contributed by atoms with van der Waals surface area (Å²) in [4.78, 5) is 19.9. The summed E-state index contributed by atoms with van der Waals surface area (Å²) in [5, 5.41) is 0.725. The van der Waals surface area contributed by atoms with E-state index in [1.54, 1.807) is 17.2 Å². The summed E-state index contributed by atoms with van der Waals surface area (Å²) in [6.45, 7) is 1.93. The molecule has 0 radical (unpaired) electrons. The van der Waals surface area contributed by atoms with E-state index in [0.29, 0.717) is 11.3 Å². The second-order valence-electron chi connectivity index (χ2n) is 5.83. The first-order valence-electron chi connectivity index (χ1n) is 7.31. The van der Waals surface area contributed by atoms with Crippen LogP contribution in [0, 0.1) is 6.92 Å². The maximum atomic E-state index is 12.7. The Morgan fingerprint density at radius 2 is 1.88 bits per heavy atom. The Morgan fingerprint density at radius 1 is 1.21 bits per heavy atom. The molecular formula is C16H21N3O3S2. The van der Waals surface area contributed by atoms with Gasteiger partial charge in [0.1, 0.15) is 5.01 Å². The van der Waals surface area contributed by atoms with E-state index in [0.717, 1.165) is 14.2 Å². The maximum absolute atomic E-state index is 12.7. The van der Waals surface area contributed by atoms with Gasteiger partial charge in [0.15, 0.2) is 5.78 Å². The third-order valence-corrected chi connectivity index (χ3v) is 6.23. The molecule has 0 fully saturated rings. The van der Waals surface area contributed by atoms with Gasteiger partial charge in [0.2, 0.25) is 10.0 Å². The summed E-state index contributed by atoms with van der Waals surface area (Å²) in [7, 11) is 2.98. The SMILES string of the molecule is Cc1cnc(CC(=O)c2cc(S(=O)(=O)N(C)C)ccc2N(C)C)s1.